The maximum atomic E-state index is 12.8. The minimum atomic E-state index is -0.403. The van der Waals surface area contributed by atoms with Gasteiger partial charge in [0.1, 0.15) is 11.5 Å². The molecule has 0 aliphatic carbocycles. The number of likely N-dealkylation sites (tertiary alicyclic amines) is 1. The number of Topliss-reactive ketones (excluding diaryl/α,β-unsaturated/α-hetero) is 1. The van der Waals surface area contributed by atoms with Crippen LogP contribution in [0.1, 0.15) is 49.5 Å². The molecule has 0 saturated carbocycles. The topological polar surface area (TPSA) is 33.2 Å². The molecule has 2 heterocycles. The second-order valence-electron chi connectivity index (χ2n) is 5.58. The first-order chi connectivity index (χ1) is 9.69. The number of carbonyl (C=O) groups excluding carboxylic acids is 1. The summed E-state index contributed by atoms with van der Waals surface area (Å²) in [6.07, 6.45) is 6.59. The molecule has 0 aromatic carbocycles. The maximum Gasteiger partial charge on any atom is 0.182 e. The Balaban J connectivity index is 1.79. The smallest absolute Gasteiger partial charge is 0.182 e. The van der Waals surface area contributed by atoms with Gasteiger partial charge in [0.15, 0.2) is 5.78 Å². The number of rotatable bonds is 5. The average molecular weight is 278 g/mol. The SMILES string of the molecule is CCC1CCCN(CCC(=O)c2ccc(F)cn2)CC1. The zero-order valence-corrected chi connectivity index (χ0v) is 12.1. The summed E-state index contributed by atoms with van der Waals surface area (Å²) in [4.78, 5) is 18.2. The molecule has 1 fully saturated rings. The van der Waals surface area contributed by atoms with Crippen molar-refractivity contribution >= 4 is 5.78 Å². The van der Waals surface area contributed by atoms with Gasteiger partial charge in [-0.2, -0.15) is 0 Å². The number of hydrogen-bond acceptors (Lipinski definition) is 3. The molecule has 0 spiro atoms. The third-order valence-corrected chi connectivity index (χ3v) is 4.19. The monoisotopic (exact) mass is 278 g/mol. The van der Waals surface area contributed by atoms with Crippen LogP contribution in [0.4, 0.5) is 4.39 Å². The van der Waals surface area contributed by atoms with Crippen molar-refractivity contribution in [2.24, 2.45) is 5.92 Å². The summed E-state index contributed by atoms with van der Waals surface area (Å²) < 4.78 is 12.8. The van der Waals surface area contributed by atoms with E-state index in [0.717, 1.165) is 31.7 Å². The van der Waals surface area contributed by atoms with Crippen LogP contribution in [-0.4, -0.2) is 35.3 Å². The van der Waals surface area contributed by atoms with Crippen LogP contribution >= 0.6 is 0 Å². The Morgan fingerprint density at radius 1 is 1.40 bits per heavy atom. The fourth-order valence-electron chi connectivity index (χ4n) is 2.79. The Hall–Kier alpha value is -1.29. The summed E-state index contributed by atoms with van der Waals surface area (Å²) in [6.45, 7) is 5.21. The van der Waals surface area contributed by atoms with Crippen molar-refractivity contribution < 1.29 is 9.18 Å². The minimum Gasteiger partial charge on any atom is -0.303 e. The number of nitrogens with zero attached hydrogens (tertiary/aromatic N) is 2. The molecule has 110 valence electrons. The lowest BCUT2D eigenvalue weighted by molar-refractivity contribution is 0.0959. The Kier molecular flexibility index (Phi) is 5.65. The number of halogens is 1. The fraction of sp³-hybridized carbons (Fsp3) is 0.625. The summed E-state index contributed by atoms with van der Waals surface area (Å²) in [5.74, 6) is 0.440. The molecule has 1 atom stereocenters. The quantitative estimate of drug-likeness (QED) is 0.775. The first kappa shape index (κ1) is 15.1. The molecule has 1 unspecified atom stereocenters. The molecule has 0 bridgehead atoms. The van der Waals surface area contributed by atoms with Crippen LogP contribution in [0.5, 0.6) is 0 Å². The Morgan fingerprint density at radius 2 is 2.25 bits per heavy atom. The summed E-state index contributed by atoms with van der Waals surface area (Å²) in [5, 5.41) is 0. The molecule has 0 amide bonds. The van der Waals surface area contributed by atoms with E-state index in [2.05, 4.69) is 16.8 Å². The van der Waals surface area contributed by atoms with Gasteiger partial charge < -0.3 is 4.90 Å². The summed E-state index contributed by atoms with van der Waals surface area (Å²) in [5.41, 5.74) is 0.368. The van der Waals surface area contributed by atoms with Gasteiger partial charge in [-0.15, -0.1) is 0 Å². The lowest BCUT2D eigenvalue weighted by atomic mass is 9.98. The first-order valence-electron chi connectivity index (χ1n) is 7.56. The van der Waals surface area contributed by atoms with Crippen molar-refractivity contribution in [1.82, 2.24) is 9.88 Å². The standard InChI is InChI=1S/C16H23FN2O/c1-2-13-4-3-9-19(10-7-13)11-8-16(20)15-6-5-14(17)12-18-15/h5-6,12-13H,2-4,7-11H2,1H3. The van der Waals surface area contributed by atoms with Crippen LogP contribution in [0, 0.1) is 11.7 Å². The van der Waals surface area contributed by atoms with Crippen molar-refractivity contribution in [3.05, 3.63) is 29.8 Å². The maximum absolute atomic E-state index is 12.8. The Bertz CT molecular complexity index is 433. The molecule has 0 radical (unpaired) electrons. The minimum absolute atomic E-state index is 0.00119. The van der Waals surface area contributed by atoms with Gasteiger partial charge in [-0.05, 0) is 50.4 Å². The average Bonchev–Trinajstić information content (AvgIpc) is 2.70. The first-order valence-corrected chi connectivity index (χ1v) is 7.56. The van der Waals surface area contributed by atoms with Crippen LogP contribution in [0.3, 0.4) is 0 Å². The third-order valence-electron chi connectivity index (χ3n) is 4.19. The number of hydrogen-bond donors (Lipinski definition) is 0. The highest BCUT2D eigenvalue weighted by Crippen LogP contribution is 2.20. The van der Waals surface area contributed by atoms with Crippen LogP contribution < -0.4 is 0 Å². The van der Waals surface area contributed by atoms with Gasteiger partial charge in [-0.3, -0.25) is 9.78 Å². The summed E-state index contributed by atoms with van der Waals surface area (Å²) >= 11 is 0. The molecule has 3 nitrogen and oxygen atoms in total. The van der Waals surface area contributed by atoms with Crippen molar-refractivity contribution in [3.63, 3.8) is 0 Å². The van der Waals surface area contributed by atoms with Crippen molar-refractivity contribution in [3.8, 4) is 0 Å². The summed E-state index contributed by atoms with van der Waals surface area (Å²) in [7, 11) is 0. The van der Waals surface area contributed by atoms with Gasteiger partial charge in [0.05, 0.1) is 6.20 Å². The highest BCUT2D eigenvalue weighted by atomic mass is 19.1. The van der Waals surface area contributed by atoms with Crippen LogP contribution in [0.15, 0.2) is 18.3 Å². The van der Waals surface area contributed by atoms with Gasteiger partial charge >= 0.3 is 0 Å². The summed E-state index contributed by atoms with van der Waals surface area (Å²) in [6, 6.07) is 2.76. The van der Waals surface area contributed by atoms with E-state index in [0.29, 0.717) is 12.1 Å². The van der Waals surface area contributed by atoms with Gasteiger partial charge in [0, 0.05) is 13.0 Å². The Morgan fingerprint density at radius 3 is 2.95 bits per heavy atom. The van der Waals surface area contributed by atoms with E-state index in [9.17, 15) is 9.18 Å². The number of ketones is 1. The molecular formula is C16H23FN2O. The van der Waals surface area contributed by atoms with Crippen LogP contribution in [-0.2, 0) is 0 Å². The third kappa shape index (κ3) is 4.37. The van der Waals surface area contributed by atoms with Gasteiger partial charge in [-0.1, -0.05) is 13.3 Å². The normalized spacial score (nSPS) is 20.6. The number of pyridine rings is 1. The van der Waals surface area contributed by atoms with E-state index >= 15 is 0 Å². The van der Waals surface area contributed by atoms with Gasteiger partial charge in [0.25, 0.3) is 0 Å². The van der Waals surface area contributed by atoms with E-state index in [-0.39, 0.29) is 5.78 Å². The van der Waals surface area contributed by atoms with E-state index in [1.54, 1.807) is 0 Å². The highest BCUT2D eigenvalue weighted by Gasteiger charge is 2.17. The molecule has 1 aliphatic rings. The number of aromatic nitrogens is 1. The highest BCUT2D eigenvalue weighted by molar-refractivity contribution is 5.94. The second-order valence-corrected chi connectivity index (χ2v) is 5.58. The predicted octanol–water partition coefficient (Wildman–Crippen LogP) is 3.31. The molecule has 1 aromatic rings. The van der Waals surface area contributed by atoms with E-state index < -0.39 is 5.82 Å². The van der Waals surface area contributed by atoms with Crippen molar-refractivity contribution in [2.75, 3.05) is 19.6 Å². The van der Waals surface area contributed by atoms with Crippen molar-refractivity contribution in [1.29, 1.82) is 0 Å². The zero-order valence-electron chi connectivity index (χ0n) is 12.1. The van der Waals surface area contributed by atoms with Crippen LogP contribution in [0.25, 0.3) is 0 Å². The molecule has 1 aromatic heterocycles. The largest absolute Gasteiger partial charge is 0.303 e. The predicted molar refractivity (Wildman–Crippen MR) is 77.2 cm³/mol. The van der Waals surface area contributed by atoms with E-state index in [4.69, 9.17) is 0 Å². The molecule has 1 saturated heterocycles. The second kappa shape index (κ2) is 7.48. The van der Waals surface area contributed by atoms with E-state index in [1.165, 1.54) is 37.8 Å². The molecule has 0 N–H and O–H groups in total. The molecule has 1 aliphatic heterocycles. The molecule has 4 heteroatoms. The van der Waals surface area contributed by atoms with Gasteiger partial charge in [-0.25, -0.2) is 4.39 Å². The van der Waals surface area contributed by atoms with Crippen molar-refractivity contribution in [2.45, 2.75) is 39.0 Å². The molecule has 2 rings (SSSR count). The Labute approximate surface area is 120 Å². The van der Waals surface area contributed by atoms with Crippen LogP contribution in [0.2, 0.25) is 0 Å². The van der Waals surface area contributed by atoms with E-state index in [1.807, 2.05) is 0 Å². The molecular weight excluding hydrogens is 255 g/mol. The molecule has 20 heavy (non-hydrogen) atoms. The van der Waals surface area contributed by atoms with Gasteiger partial charge in [0.2, 0.25) is 0 Å². The zero-order chi connectivity index (χ0) is 14.4. The lowest BCUT2D eigenvalue weighted by Crippen LogP contribution is -2.27. The lowest BCUT2D eigenvalue weighted by Gasteiger charge is -2.19. The number of carbonyl (C=O) groups is 1. The fourth-order valence-corrected chi connectivity index (χ4v) is 2.79.